The first-order valence-electron chi connectivity index (χ1n) is 9.45. The highest BCUT2D eigenvalue weighted by Gasteiger charge is 2.24. The zero-order valence-electron chi connectivity index (χ0n) is 15.9. The molecule has 0 saturated heterocycles. The van der Waals surface area contributed by atoms with E-state index in [1.165, 1.54) is 12.1 Å². The van der Waals surface area contributed by atoms with Gasteiger partial charge in [0.15, 0.2) is 5.96 Å². The number of rotatable bonds is 7. The first-order valence-corrected chi connectivity index (χ1v) is 10.4. The van der Waals surface area contributed by atoms with Crippen molar-refractivity contribution < 1.29 is 9.18 Å². The molecule has 2 aromatic carbocycles. The largest absolute Gasteiger partial charge is 0.357 e. The average Bonchev–Trinajstić information content (AvgIpc) is 2.70. The van der Waals surface area contributed by atoms with Gasteiger partial charge in [-0.2, -0.15) is 0 Å². The maximum Gasteiger partial charge on any atom is 0.225 e. The van der Waals surface area contributed by atoms with Gasteiger partial charge in [0, 0.05) is 41.8 Å². The molecular formula is C21H25FN4OS. The topological polar surface area (TPSA) is 65.5 Å². The van der Waals surface area contributed by atoms with E-state index in [4.69, 9.17) is 0 Å². The van der Waals surface area contributed by atoms with Gasteiger partial charge >= 0.3 is 0 Å². The van der Waals surface area contributed by atoms with E-state index in [2.05, 4.69) is 27.0 Å². The van der Waals surface area contributed by atoms with Crippen LogP contribution in [0.3, 0.4) is 0 Å². The van der Waals surface area contributed by atoms with E-state index in [0.717, 1.165) is 40.9 Å². The summed E-state index contributed by atoms with van der Waals surface area (Å²) in [6.07, 6.45) is 0.445. The van der Waals surface area contributed by atoms with Crippen molar-refractivity contribution in [3.8, 4) is 0 Å². The number of thioether (sulfide) groups is 1. The second-order valence-electron chi connectivity index (χ2n) is 6.49. The van der Waals surface area contributed by atoms with Gasteiger partial charge in [-0.3, -0.25) is 9.79 Å². The summed E-state index contributed by atoms with van der Waals surface area (Å²) in [5, 5.41) is 9.48. The Balaban J connectivity index is 1.54. The number of halogens is 1. The van der Waals surface area contributed by atoms with Crippen LogP contribution in [0.15, 0.2) is 58.4 Å². The summed E-state index contributed by atoms with van der Waals surface area (Å²) in [5.74, 6) is 1.47. The number of anilines is 1. The van der Waals surface area contributed by atoms with Crippen LogP contribution in [0.2, 0.25) is 0 Å². The Morgan fingerprint density at radius 1 is 1.21 bits per heavy atom. The zero-order chi connectivity index (χ0) is 19.8. The molecule has 1 aliphatic rings. The molecule has 7 heteroatoms. The molecule has 1 atom stereocenters. The fourth-order valence-electron chi connectivity index (χ4n) is 3.08. The van der Waals surface area contributed by atoms with Crippen molar-refractivity contribution >= 4 is 29.3 Å². The minimum absolute atomic E-state index is 0.0348. The molecule has 0 radical (unpaired) electrons. The lowest BCUT2D eigenvalue weighted by Gasteiger charge is -2.24. The molecule has 0 bridgehead atoms. The van der Waals surface area contributed by atoms with Crippen LogP contribution in [0.5, 0.6) is 0 Å². The summed E-state index contributed by atoms with van der Waals surface area (Å²) in [5.41, 5.74) is 2.01. The number of nitrogens with one attached hydrogen (secondary N) is 3. The summed E-state index contributed by atoms with van der Waals surface area (Å²) < 4.78 is 13.0. The van der Waals surface area contributed by atoms with E-state index >= 15 is 0 Å². The van der Waals surface area contributed by atoms with Gasteiger partial charge in [0.2, 0.25) is 5.91 Å². The number of nitrogens with zero attached hydrogens (tertiary/aromatic N) is 1. The fraction of sp³-hybridized carbons (Fsp3) is 0.333. The molecule has 1 unspecified atom stereocenters. The lowest BCUT2D eigenvalue weighted by atomic mass is 9.91. The molecule has 3 rings (SSSR count). The van der Waals surface area contributed by atoms with Gasteiger partial charge in [0.05, 0.1) is 6.54 Å². The SMILES string of the molecule is CCNC(=NCC1CC(=O)Nc2ccccc21)NCCSc1ccc(F)cc1. The van der Waals surface area contributed by atoms with E-state index in [-0.39, 0.29) is 17.6 Å². The van der Waals surface area contributed by atoms with Crippen LogP contribution in [0, 0.1) is 5.82 Å². The van der Waals surface area contributed by atoms with Crippen LogP contribution in [-0.4, -0.2) is 37.3 Å². The summed E-state index contributed by atoms with van der Waals surface area (Å²) in [4.78, 5) is 17.7. The molecule has 0 saturated carbocycles. The Labute approximate surface area is 169 Å². The number of amides is 1. The molecule has 0 aliphatic carbocycles. The van der Waals surface area contributed by atoms with Gasteiger partial charge in [-0.05, 0) is 42.8 Å². The lowest BCUT2D eigenvalue weighted by molar-refractivity contribution is -0.116. The number of hydrogen-bond acceptors (Lipinski definition) is 3. The zero-order valence-corrected chi connectivity index (χ0v) is 16.7. The average molecular weight is 401 g/mol. The van der Waals surface area contributed by atoms with E-state index in [0.29, 0.717) is 13.0 Å². The van der Waals surface area contributed by atoms with Crippen LogP contribution in [-0.2, 0) is 4.79 Å². The molecule has 1 aliphatic heterocycles. The number of fused-ring (bicyclic) bond motifs is 1. The maximum absolute atomic E-state index is 13.0. The second-order valence-corrected chi connectivity index (χ2v) is 7.65. The van der Waals surface area contributed by atoms with Gasteiger partial charge in [0.1, 0.15) is 5.82 Å². The van der Waals surface area contributed by atoms with Crippen LogP contribution in [0.4, 0.5) is 10.1 Å². The summed E-state index contributed by atoms with van der Waals surface area (Å²) in [6.45, 7) is 4.06. The Kier molecular flexibility index (Phi) is 7.31. The van der Waals surface area contributed by atoms with Crippen molar-refractivity contribution in [2.24, 2.45) is 4.99 Å². The predicted octanol–water partition coefficient (Wildman–Crippen LogP) is 3.60. The third-order valence-electron chi connectivity index (χ3n) is 4.40. The van der Waals surface area contributed by atoms with Gasteiger partial charge in [-0.15, -0.1) is 11.8 Å². The molecular weight excluding hydrogens is 375 g/mol. The van der Waals surface area contributed by atoms with Crippen LogP contribution in [0.25, 0.3) is 0 Å². The van der Waals surface area contributed by atoms with Crippen molar-refractivity contribution in [3.05, 3.63) is 59.9 Å². The van der Waals surface area contributed by atoms with E-state index in [1.807, 2.05) is 25.1 Å². The number of hydrogen-bond donors (Lipinski definition) is 3. The predicted molar refractivity (Wildman–Crippen MR) is 114 cm³/mol. The molecule has 3 N–H and O–H groups in total. The third kappa shape index (κ3) is 5.73. The molecule has 0 aromatic heterocycles. The highest BCUT2D eigenvalue weighted by atomic mass is 32.2. The van der Waals surface area contributed by atoms with Gasteiger partial charge in [0.25, 0.3) is 0 Å². The first-order chi connectivity index (χ1) is 13.7. The quantitative estimate of drug-likeness (QED) is 0.288. The number of guanidine groups is 1. The number of para-hydroxylation sites is 1. The molecule has 148 valence electrons. The van der Waals surface area contributed by atoms with Crippen molar-refractivity contribution in [2.75, 3.05) is 30.7 Å². The molecule has 1 amide bonds. The lowest BCUT2D eigenvalue weighted by Crippen LogP contribution is -2.39. The summed E-state index contributed by atoms with van der Waals surface area (Å²) in [6, 6.07) is 14.4. The smallest absolute Gasteiger partial charge is 0.225 e. The van der Waals surface area contributed by atoms with Gasteiger partial charge in [-0.1, -0.05) is 18.2 Å². The molecule has 0 fully saturated rings. The highest BCUT2D eigenvalue weighted by molar-refractivity contribution is 7.99. The molecule has 5 nitrogen and oxygen atoms in total. The minimum Gasteiger partial charge on any atom is -0.357 e. The normalized spacial score (nSPS) is 16.3. The van der Waals surface area contributed by atoms with Crippen molar-refractivity contribution in [2.45, 2.75) is 24.2 Å². The van der Waals surface area contributed by atoms with Gasteiger partial charge in [-0.25, -0.2) is 4.39 Å². The Morgan fingerprint density at radius 3 is 2.79 bits per heavy atom. The second kappa shape index (κ2) is 10.1. The van der Waals surface area contributed by atoms with Crippen molar-refractivity contribution in [1.82, 2.24) is 10.6 Å². The summed E-state index contributed by atoms with van der Waals surface area (Å²) >= 11 is 1.66. The standard InChI is InChI=1S/C21H25FN4OS/c1-2-23-21(24-11-12-28-17-9-7-16(22)8-10-17)25-14-15-13-20(27)26-19-6-4-3-5-18(15)19/h3-10,15H,2,11-14H2,1H3,(H,26,27)(H2,23,24,25). The number of carbonyl (C=O) groups is 1. The molecule has 28 heavy (non-hydrogen) atoms. The maximum atomic E-state index is 13.0. The van der Waals surface area contributed by atoms with E-state index in [9.17, 15) is 9.18 Å². The van der Waals surface area contributed by atoms with E-state index in [1.54, 1.807) is 23.9 Å². The van der Waals surface area contributed by atoms with Crippen molar-refractivity contribution in [3.63, 3.8) is 0 Å². The Morgan fingerprint density at radius 2 is 2.00 bits per heavy atom. The summed E-state index contributed by atoms with van der Waals surface area (Å²) in [7, 11) is 0. The monoisotopic (exact) mass is 400 g/mol. The van der Waals surface area contributed by atoms with Crippen molar-refractivity contribution in [1.29, 1.82) is 0 Å². The fourth-order valence-corrected chi connectivity index (χ4v) is 3.85. The minimum atomic E-state index is -0.220. The Hall–Kier alpha value is -2.54. The number of aliphatic imine (C=N–C) groups is 1. The number of carbonyl (C=O) groups excluding carboxylic acids is 1. The van der Waals surface area contributed by atoms with Crippen LogP contribution < -0.4 is 16.0 Å². The Bertz CT molecular complexity index is 825. The van der Waals surface area contributed by atoms with Crippen LogP contribution >= 0.6 is 11.8 Å². The van der Waals surface area contributed by atoms with Gasteiger partial charge < -0.3 is 16.0 Å². The first kappa shape index (κ1) is 20.2. The number of benzene rings is 2. The third-order valence-corrected chi connectivity index (χ3v) is 5.41. The molecule has 2 aromatic rings. The molecule has 1 heterocycles. The molecule has 0 spiro atoms. The van der Waals surface area contributed by atoms with E-state index < -0.39 is 0 Å². The van der Waals surface area contributed by atoms with Crippen LogP contribution in [0.1, 0.15) is 24.8 Å². The highest BCUT2D eigenvalue weighted by Crippen LogP contribution is 2.31.